The number of rotatable bonds is 0. The lowest BCUT2D eigenvalue weighted by molar-refractivity contribution is -0.131. The minimum atomic E-state index is -0.0463. The van der Waals surface area contributed by atoms with Crippen LogP contribution in [0, 0.1) is 5.92 Å². The minimum absolute atomic E-state index is 0.0463. The highest BCUT2D eigenvalue weighted by Crippen LogP contribution is 2.42. The summed E-state index contributed by atoms with van der Waals surface area (Å²) in [5, 5.41) is 0. The van der Waals surface area contributed by atoms with E-state index in [0.717, 1.165) is 25.9 Å². The molecular weight excluding hydrogens is 152 g/mol. The molecule has 2 atom stereocenters. The Labute approximate surface area is 73.3 Å². The van der Waals surface area contributed by atoms with Gasteiger partial charge in [-0.05, 0) is 25.7 Å². The van der Waals surface area contributed by atoms with Crippen LogP contribution >= 0.6 is 0 Å². The van der Waals surface area contributed by atoms with Crippen molar-refractivity contribution < 1.29 is 9.53 Å². The summed E-state index contributed by atoms with van der Waals surface area (Å²) < 4.78 is 5.79. The summed E-state index contributed by atoms with van der Waals surface area (Å²) >= 11 is 0. The number of carbonyl (C=O) groups is 1. The van der Waals surface area contributed by atoms with Crippen molar-refractivity contribution in [3.63, 3.8) is 0 Å². The molecule has 12 heavy (non-hydrogen) atoms. The number of hydrogen-bond acceptors (Lipinski definition) is 2. The third-order valence-electron chi connectivity index (χ3n) is 3.45. The molecule has 1 saturated carbocycles. The molecule has 0 amide bonds. The molecule has 1 saturated heterocycles. The van der Waals surface area contributed by atoms with E-state index in [1.807, 2.05) is 6.92 Å². The topological polar surface area (TPSA) is 26.3 Å². The summed E-state index contributed by atoms with van der Waals surface area (Å²) in [6, 6.07) is 0. The molecule has 2 rings (SSSR count). The maximum absolute atomic E-state index is 11.4. The summed E-state index contributed by atoms with van der Waals surface area (Å²) in [4.78, 5) is 11.4. The predicted molar refractivity (Wildman–Crippen MR) is 45.9 cm³/mol. The van der Waals surface area contributed by atoms with E-state index in [-0.39, 0.29) is 11.5 Å². The molecule has 1 heterocycles. The molecule has 0 aromatic rings. The van der Waals surface area contributed by atoms with E-state index in [2.05, 4.69) is 0 Å². The van der Waals surface area contributed by atoms with Gasteiger partial charge in [0.1, 0.15) is 5.78 Å². The minimum Gasteiger partial charge on any atom is -0.374 e. The molecule has 2 nitrogen and oxygen atoms in total. The second-order valence-corrected chi connectivity index (χ2v) is 4.06. The Balaban J connectivity index is 2.14. The molecule has 1 aliphatic carbocycles. The van der Waals surface area contributed by atoms with Gasteiger partial charge in [0.05, 0.1) is 5.60 Å². The van der Waals surface area contributed by atoms with Crippen molar-refractivity contribution in [2.75, 3.05) is 6.61 Å². The molecule has 2 fully saturated rings. The molecule has 0 radical (unpaired) electrons. The van der Waals surface area contributed by atoms with Crippen molar-refractivity contribution in [2.45, 2.75) is 44.6 Å². The van der Waals surface area contributed by atoms with Crippen LogP contribution in [0.2, 0.25) is 0 Å². The van der Waals surface area contributed by atoms with Gasteiger partial charge in [0.2, 0.25) is 0 Å². The third-order valence-corrected chi connectivity index (χ3v) is 3.45. The SMILES string of the molecule is CC1C(=O)CCC12CCCCO2. The van der Waals surface area contributed by atoms with Gasteiger partial charge in [0.15, 0.2) is 0 Å². The number of ether oxygens (including phenoxy) is 1. The molecule has 0 aromatic carbocycles. The second-order valence-electron chi connectivity index (χ2n) is 4.06. The van der Waals surface area contributed by atoms with Gasteiger partial charge < -0.3 is 4.74 Å². The summed E-state index contributed by atoms with van der Waals surface area (Å²) in [6.07, 6.45) is 5.20. The zero-order chi connectivity index (χ0) is 8.60. The average molecular weight is 168 g/mol. The molecule has 68 valence electrons. The summed E-state index contributed by atoms with van der Waals surface area (Å²) in [6.45, 7) is 2.89. The van der Waals surface area contributed by atoms with Gasteiger partial charge in [-0.1, -0.05) is 6.92 Å². The van der Waals surface area contributed by atoms with E-state index < -0.39 is 0 Å². The van der Waals surface area contributed by atoms with Gasteiger partial charge in [-0.15, -0.1) is 0 Å². The van der Waals surface area contributed by atoms with Gasteiger partial charge in [0, 0.05) is 18.9 Å². The van der Waals surface area contributed by atoms with Crippen LogP contribution in [0.5, 0.6) is 0 Å². The lowest BCUT2D eigenvalue weighted by atomic mass is 9.85. The molecule has 1 aliphatic heterocycles. The maximum Gasteiger partial charge on any atom is 0.138 e. The molecule has 2 unspecified atom stereocenters. The fourth-order valence-corrected chi connectivity index (χ4v) is 2.47. The Kier molecular flexibility index (Phi) is 1.95. The largest absolute Gasteiger partial charge is 0.374 e. The van der Waals surface area contributed by atoms with Crippen molar-refractivity contribution in [2.24, 2.45) is 5.92 Å². The Hall–Kier alpha value is -0.370. The van der Waals surface area contributed by atoms with Crippen LogP contribution in [-0.4, -0.2) is 18.0 Å². The number of carbonyl (C=O) groups excluding carboxylic acids is 1. The van der Waals surface area contributed by atoms with E-state index in [1.165, 1.54) is 12.8 Å². The van der Waals surface area contributed by atoms with Crippen LogP contribution in [0.3, 0.4) is 0 Å². The smallest absolute Gasteiger partial charge is 0.138 e. The zero-order valence-electron chi connectivity index (χ0n) is 7.64. The lowest BCUT2D eigenvalue weighted by Gasteiger charge is -2.36. The first kappa shape index (κ1) is 8.24. The third kappa shape index (κ3) is 1.09. The van der Waals surface area contributed by atoms with Gasteiger partial charge in [0.25, 0.3) is 0 Å². The standard InChI is InChI=1S/C10H16O2/c1-8-9(11)4-6-10(8)5-2-3-7-12-10/h8H,2-7H2,1H3. The Morgan fingerprint density at radius 2 is 2.25 bits per heavy atom. The van der Waals surface area contributed by atoms with Gasteiger partial charge in [-0.2, -0.15) is 0 Å². The monoisotopic (exact) mass is 168 g/mol. The number of Topliss-reactive ketones (excluding diaryl/α,β-unsaturated/α-hetero) is 1. The molecular formula is C10H16O2. The highest BCUT2D eigenvalue weighted by molar-refractivity contribution is 5.84. The van der Waals surface area contributed by atoms with Gasteiger partial charge >= 0.3 is 0 Å². The quantitative estimate of drug-likeness (QED) is 0.552. The van der Waals surface area contributed by atoms with Gasteiger partial charge in [-0.25, -0.2) is 0 Å². The van der Waals surface area contributed by atoms with Crippen LogP contribution in [0.15, 0.2) is 0 Å². The van der Waals surface area contributed by atoms with Crippen LogP contribution < -0.4 is 0 Å². The average Bonchev–Trinajstić information content (AvgIpc) is 2.37. The fraction of sp³-hybridized carbons (Fsp3) is 0.900. The normalized spacial score (nSPS) is 42.4. The first-order chi connectivity index (χ1) is 5.75. The number of ketones is 1. The summed E-state index contributed by atoms with van der Waals surface area (Å²) in [5.74, 6) is 0.551. The second kappa shape index (κ2) is 2.84. The highest BCUT2D eigenvalue weighted by atomic mass is 16.5. The predicted octanol–water partition coefficient (Wildman–Crippen LogP) is 1.92. The molecule has 0 bridgehead atoms. The summed E-state index contributed by atoms with van der Waals surface area (Å²) in [5.41, 5.74) is -0.0463. The Bertz CT molecular complexity index is 192. The van der Waals surface area contributed by atoms with Crippen LogP contribution in [0.25, 0.3) is 0 Å². The number of hydrogen-bond donors (Lipinski definition) is 0. The molecule has 0 aromatic heterocycles. The fourth-order valence-electron chi connectivity index (χ4n) is 2.47. The highest BCUT2D eigenvalue weighted by Gasteiger charge is 2.46. The zero-order valence-corrected chi connectivity index (χ0v) is 7.64. The van der Waals surface area contributed by atoms with Crippen molar-refractivity contribution in [1.29, 1.82) is 0 Å². The first-order valence-corrected chi connectivity index (χ1v) is 4.91. The molecule has 1 spiro atoms. The van der Waals surface area contributed by atoms with Crippen LogP contribution in [-0.2, 0) is 9.53 Å². The summed E-state index contributed by atoms with van der Waals surface area (Å²) in [7, 11) is 0. The van der Waals surface area contributed by atoms with Crippen molar-refractivity contribution in [3.8, 4) is 0 Å². The van der Waals surface area contributed by atoms with E-state index >= 15 is 0 Å². The van der Waals surface area contributed by atoms with E-state index in [4.69, 9.17) is 4.74 Å². The van der Waals surface area contributed by atoms with E-state index in [9.17, 15) is 4.79 Å². The molecule has 0 N–H and O–H groups in total. The Morgan fingerprint density at radius 1 is 1.42 bits per heavy atom. The Morgan fingerprint density at radius 3 is 2.75 bits per heavy atom. The van der Waals surface area contributed by atoms with Crippen LogP contribution in [0.4, 0.5) is 0 Å². The van der Waals surface area contributed by atoms with Crippen molar-refractivity contribution in [1.82, 2.24) is 0 Å². The lowest BCUT2D eigenvalue weighted by Crippen LogP contribution is -2.40. The van der Waals surface area contributed by atoms with E-state index in [1.54, 1.807) is 0 Å². The molecule has 2 aliphatic rings. The molecule has 2 heteroatoms. The van der Waals surface area contributed by atoms with Gasteiger partial charge in [-0.3, -0.25) is 4.79 Å². The van der Waals surface area contributed by atoms with Crippen molar-refractivity contribution in [3.05, 3.63) is 0 Å². The maximum atomic E-state index is 11.4. The van der Waals surface area contributed by atoms with E-state index in [0.29, 0.717) is 5.78 Å². The van der Waals surface area contributed by atoms with Crippen LogP contribution in [0.1, 0.15) is 39.0 Å². The first-order valence-electron chi connectivity index (χ1n) is 4.91. The van der Waals surface area contributed by atoms with Crippen molar-refractivity contribution >= 4 is 5.78 Å².